The van der Waals surface area contributed by atoms with Crippen molar-refractivity contribution in [3.63, 3.8) is 0 Å². The number of hydrogen-bond donors (Lipinski definition) is 0. The van der Waals surface area contributed by atoms with E-state index in [0.29, 0.717) is 0 Å². The second kappa shape index (κ2) is 8.98. The van der Waals surface area contributed by atoms with Crippen molar-refractivity contribution >= 4 is 66.8 Å². The number of ether oxygens (including phenoxy) is 1. The Morgan fingerprint density at radius 3 is 1.96 bits per heavy atom. The highest BCUT2D eigenvalue weighted by Crippen LogP contribution is 2.65. The summed E-state index contributed by atoms with van der Waals surface area (Å²) in [5.41, 5.74) is 19.0. The molecule has 0 unspecified atom stereocenters. The molecular formula is C49H26BNO2. The number of aromatic nitrogens is 1. The van der Waals surface area contributed by atoms with Crippen molar-refractivity contribution < 1.29 is 9.15 Å². The first kappa shape index (κ1) is 27.0. The number of fused-ring (bicyclic) bond motifs is 22. The molecule has 0 bridgehead atoms. The first-order valence-corrected chi connectivity index (χ1v) is 18.5. The fourth-order valence-electron chi connectivity index (χ4n) is 11.0. The van der Waals surface area contributed by atoms with Crippen LogP contribution >= 0.6 is 0 Å². The quantitative estimate of drug-likeness (QED) is 0.150. The molecule has 4 heteroatoms. The summed E-state index contributed by atoms with van der Waals surface area (Å²) >= 11 is 0. The average molecular weight is 672 g/mol. The van der Waals surface area contributed by atoms with E-state index in [0.717, 1.165) is 33.4 Å². The standard InChI is InChI=1S/C49H26BNO2/c1-6-17-34-27(12-1)28-13-2-7-18-35(28)49(34)36-19-8-3-14-29(36)31-24-25-37-48(44(31)49)53-42-23-11-21-40-45(42)50(37)38-26-33-30-15-5-10-22-41(30)52-47(33)43-32-16-4-9-20-39(32)51(40)46(38)43/h1-26H. The fraction of sp³-hybridized carbons (Fsp3) is 0.0204. The van der Waals surface area contributed by atoms with Crippen LogP contribution < -0.4 is 21.1 Å². The Balaban J connectivity index is 1.17. The van der Waals surface area contributed by atoms with Crippen LogP contribution in [0.3, 0.4) is 0 Å². The molecule has 0 saturated heterocycles. The van der Waals surface area contributed by atoms with Crippen LogP contribution in [-0.4, -0.2) is 11.3 Å². The molecule has 3 nitrogen and oxygen atoms in total. The maximum atomic E-state index is 7.43. The van der Waals surface area contributed by atoms with Gasteiger partial charge in [0.15, 0.2) is 0 Å². The van der Waals surface area contributed by atoms with Gasteiger partial charge in [-0.25, -0.2) is 0 Å². The Kier molecular flexibility index (Phi) is 4.57. The van der Waals surface area contributed by atoms with E-state index in [2.05, 4.69) is 162 Å². The van der Waals surface area contributed by atoms with Gasteiger partial charge in [-0.1, -0.05) is 133 Å². The lowest BCUT2D eigenvalue weighted by molar-refractivity contribution is 0.476. The molecule has 2 aliphatic carbocycles. The van der Waals surface area contributed by atoms with Gasteiger partial charge in [0.2, 0.25) is 0 Å². The van der Waals surface area contributed by atoms with Crippen LogP contribution in [0.5, 0.6) is 11.5 Å². The van der Waals surface area contributed by atoms with Crippen molar-refractivity contribution in [2.45, 2.75) is 5.41 Å². The summed E-state index contributed by atoms with van der Waals surface area (Å²) in [5.74, 6) is 1.91. The average Bonchev–Trinajstić information content (AvgIpc) is 3.94. The van der Waals surface area contributed by atoms with Crippen LogP contribution in [0.15, 0.2) is 162 Å². The highest BCUT2D eigenvalue weighted by molar-refractivity contribution is 6.99. The highest BCUT2D eigenvalue weighted by Gasteiger charge is 2.55. The predicted octanol–water partition coefficient (Wildman–Crippen LogP) is 9.96. The molecule has 1 spiro atoms. The summed E-state index contributed by atoms with van der Waals surface area (Å²) in [7, 11) is 0. The molecule has 10 aromatic rings. The van der Waals surface area contributed by atoms with Gasteiger partial charge < -0.3 is 13.7 Å². The van der Waals surface area contributed by atoms with Crippen molar-refractivity contribution in [3.05, 3.63) is 180 Å². The molecule has 4 heterocycles. The minimum Gasteiger partial charge on any atom is -0.458 e. The summed E-state index contributed by atoms with van der Waals surface area (Å²) in [6.07, 6.45) is 0. The predicted molar refractivity (Wildman–Crippen MR) is 216 cm³/mol. The van der Waals surface area contributed by atoms with Crippen molar-refractivity contribution in [1.82, 2.24) is 4.57 Å². The Labute approximate surface area is 304 Å². The topological polar surface area (TPSA) is 27.3 Å². The minimum absolute atomic E-state index is 0.0414. The molecule has 4 aliphatic rings. The van der Waals surface area contributed by atoms with Crippen LogP contribution in [-0.2, 0) is 5.41 Å². The zero-order valence-electron chi connectivity index (χ0n) is 28.4. The van der Waals surface area contributed by atoms with Gasteiger partial charge in [-0.15, -0.1) is 0 Å². The van der Waals surface area contributed by atoms with Gasteiger partial charge in [0, 0.05) is 27.4 Å². The first-order chi connectivity index (χ1) is 26.3. The molecule has 0 radical (unpaired) electrons. The first-order valence-electron chi connectivity index (χ1n) is 18.5. The zero-order valence-corrected chi connectivity index (χ0v) is 28.4. The number of benzene rings is 8. The summed E-state index contributed by atoms with van der Waals surface area (Å²) < 4.78 is 16.7. The van der Waals surface area contributed by atoms with E-state index in [-0.39, 0.29) is 6.71 Å². The Hall–Kier alpha value is -6.78. The lowest BCUT2D eigenvalue weighted by atomic mass is 9.34. The van der Waals surface area contributed by atoms with Gasteiger partial charge >= 0.3 is 0 Å². The van der Waals surface area contributed by atoms with Gasteiger partial charge in [0.25, 0.3) is 6.71 Å². The van der Waals surface area contributed by atoms with Crippen LogP contribution in [0.25, 0.3) is 71.7 Å². The molecule has 0 fully saturated rings. The molecule has 0 saturated carbocycles. The Morgan fingerprint density at radius 1 is 0.528 bits per heavy atom. The van der Waals surface area contributed by atoms with Crippen LogP contribution in [0.4, 0.5) is 0 Å². The highest BCUT2D eigenvalue weighted by atomic mass is 16.5. The van der Waals surface area contributed by atoms with Gasteiger partial charge in [0.1, 0.15) is 22.7 Å². The van der Waals surface area contributed by atoms with Gasteiger partial charge in [-0.2, -0.15) is 0 Å². The largest absolute Gasteiger partial charge is 0.458 e. The van der Waals surface area contributed by atoms with Crippen molar-refractivity contribution in [1.29, 1.82) is 0 Å². The lowest BCUT2D eigenvalue weighted by Crippen LogP contribution is -2.58. The van der Waals surface area contributed by atoms with Gasteiger partial charge in [0.05, 0.1) is 21.8 Å². The lowest BCUT2D eigenvalue weighted by Gasteiger charge is -2.37. The molecule has 2 aliphatic heterocycles. The second-order valence-corrected chi connectivity index (χ2v) is 15.0. The maximum absolute atomic E-state index is 7.43. The molecule has 242 valence electrons. The zero-order chi connectivity index (χ0) is 34.2. The number of rotatable bonds is 0. The Morgan fingerprint density at radius 2 is 1.19 bits per heavy atom. The molecule has 14 rings (SSSR count). The molecular weight excluding hydrogens is 645 g/mol. The second-order valence-electron chi connectivity index (χ2n) is 15.0. The third-order valence-corrected chi connectivity index (χ3v) is 12.9. The van der Waals surface area contributed by atoms with E-state index < -0.39 is 5.41 Å². The van der Waals surface area contributed by atoms with Crippen molar-refractivity contribution in [2.24, 2.45) is 0 Å². The summed E-state index contributed by atoms with van der Waals surface area (Å²) in [6, 6.07) is 58.1. The summed E-state index contributed by atoms with van der Waals surface area (Å²) in [6.45, 7) is -0.0414. The van der Waals surface area contributed by atoms with E-state index in [9.17, 15) is 0 Å². The number of hydrogen-bond acceptors (Lipinski definition) is 2. The van der Waals surface area contributed by atoms with Crippen molar-refractivity contribution in [3.8, 4) is 39.4 Å². The van der Waals surface area contributed by atoms with E-state index in [1.54, 1.807) is 0 Å². The fourth-order valence-corrected chi connectivity index (χ4v) is 11.0. The minimum atomic E-state index is -0.511. The van der Waals surface area contributed by atoms with Gasteiger partial charge in [-0.3, -0.25) is 0 Å². The van der Waals surface area contributed by atoms with E-state index in [1.165, 1.54) is 88.4 Å². The number of para-hydroxylation sites is 2. The third-order valence-electron chi connectivity index (χ3n) is 12.9. The summed E-state index contributed by atoms with van der Waals surface area (Å²) in [5, 5.41) is 4.68. The van der Waals surface area contributed by atoms with E-state index in [1.807, 2.05) is 0 Å². The third kappa shape index (κ3) is 2.88. The van der Waals surface area contributed by atoms with Crippen molar-refractivity contribution in [2.75, 3.05) is 0 Å². The normalized spacial score (nSPS) is 14.7. The molecule has 2 aromatic heterocycles. The van der Waals surface area contributed by atoms with E-state index in [4.69, 9.17) is 9.15 Å². The van der Waals surface area contributed by atoms with Gasteiger partial charge in [-0.05, 0) is 79.6 Å². The smallest absolute Gasteiger partial charge is 0.256 e. The molecule has 0 N–H and O–H groups in total. The summed E-state index contributed by atoms with van der Waals surface area (Å²) in [4.78, 5) is 0. The monoisotopic (exact) mass is 671 g/mol. The SMILES string of the molecule is c1ccc2c(c1)-c1ccccc1C21c2ccccc2-c2ccc3c(c21)Oc1cccc2c1B3c1cc3c4ccccc4oc3c3c4ccccc4n-2c13. The Bertz CT molecular complexity index is 3280. The van der Waals surface area contributed by atoms with Crippen LogP contribution in [0.2, 0.25) is 0 Å². The number of furan rings is 1. The van der Waals surface area contributed by atoms with E-state index >= 15 is 0 Å². The number of nitrogens with zero attached hydrogens (tertiary/aromatic N) is 1. The molecule has 0 amide bonds. The molecule has 53 heavy (non-hydrogen) atoms. The molecule has 8 aromatic carbocycles. The molecule has 0 atom stereocenters. The van der Waals surface area contributed by atoms with Crippen LogP contribution in [0, 0.1) is 0 Å². The maximum Gasteiger partial charge on any atom is 0.256 e. The van der Waals surface area contributed by atoms with Crippen LogP contribution in [0.1, 0.15) is 22.3 Å².